The predicted octanol–water partition coefficient (Wildman–Crippen LogP) is 4.30. The smallest absolute Gasteiger partial charge is 0.255 e. The molecule has 0 radical (unpaired) electrons. The highest BCUT2D eigenvalue weighted by molar-refractivity contribution is 14.1. The van der Waals surface area contributed by atoms with Gasteiger partial charge >= 0.3 is 0 Å². The van der Waals surface area contributed by atoms with E-state index in [2.05, 4.69) is 5.32 Å². The van der Waals surface area contributed by atoms with Gasteiger partial charge in [0, 0.05) is 9.13 Å². The zero-order chi connectivity index (χ0) is 14.0. The Balaban J connectivity index is 2.23. The van der Waals surface area contributed by atoms with Crippen molar-refractivity contribution in [3.8, 4) is 0 Å². The molecule has 19 heavy (non-hydrogen) atoms. The number of benzene rings is 2. The van der Waals surface area contributed by atoms with Crippen LogP contribution in [0, 0.1) is 23.2 Å². The Hall–Kier alpha value is -1.43. The summed E-state index contributed by atoms with van der Waals surface area (Å²) >= 11 is 2.02. The molecule has 0 heterocycles. The number of anilines is 1. The highest BCUT2D eigenvalue weighted by Gasteiger charge is 2.10. The standard InChI is InChI=1S/C15H13FINO/c1-9-3-4-11(7-10(9)2)15(19)18-14-6-5-12(17)8-13(14)16/h3-8H,1-2H3,(H,18,19). The molecule has 0 aromatic heterocycles. The second-order valence-electron chi connectivity index (χ2n) is 4.38. The first kappa shape index (κ1) is 14.0. The van der Waals surface area contributed by atoms with Crippen LogP contribution < -0.4 is 5.32 Å². The van der Waals surface area contributed by atoms with Crippen molar-refractivity contribution >= 4 is 34.2 Å². The van der Waals surface area contributed by atoms with E-state index in [1.54, 1.807) is 24.3 Å². The van der Waals surface area contributed by atoms with Gasteiger partial charge in [-0.1, -0.05) is 6.07 Å². The minimum atomic E-state index is -0.427. The van der Waals surface area contributed by atoms with Crippen LogP contribution in [0.15, 0.2) is 36.4 Å². The summed E-state index contributed by atoms with van der Waals surface area (Å²) in [6.07, 6.45) is 0. The van der Waals surface area contributed by atoms with Crippen molar-refractivity contribution in [3.63, 3.8) is 0 Å². The zero-order valence-electron chi connectivity index (χ0n) is 10.6. The molecule has 2 rings (SSSR count). The molecule has 0 aliphatic carbocycles. The van der Waals surface area contributed by atoms with E-state index in [0.29, 0.717) is 5.56 Å². The van der Waals surface area contributed by atoms with E-state index in [1.807, 2.05) is 42.5 Å². The number of hydrogen-bond donors (Lipinski definition) is 1. The number of amides is 1. The monoisotopic (exact) mass is 369 g/mol. The summed E-state index contributed by atoms with van der Waals surface area (Å²) in [6, 6.07) is 10.1. The van der Waals surface area contributed by atoms with Crippen LogP contribution in [0.5, 0.6) is 0 Å². The van der Waals surface area contributed by atoms with Gasteiger partial charge in [-0.05, 0) is 77.9 Å². The van der Waals surface area contributed by atoms with Crippen LogP contribution in [0.4, 0.5) is 10.1 Å². The summed E-state index contributed by atoms with van der Waals surface area (Å²) < 4.78 is 14.4. The maximum absolute atomic E-state index is 13.7. The van der Waals surface area contributed by atoms with Gasteiger partial charge in [0.15, 0.2) is 0 Å². The van der Waals surface area contributed by atoms with Gasteiger partial charge in [-0.25, -0.2) is 4.39 Å². The molecule has 2 aromatic carbocycles. The number of nitrogens with one attached hydrogen (secondary N) is 1. The number of halogens is 2. The Morgan fingerprint density at radius 1 is 1.11 bits per heavy atom. The van der Waals surface area contributed by atoms with E-state index < -0.39 is 5.82 Å². The molecule has 0 atom stereocenters. The summed E-state index contributed by atoms with van der Waals surface area (Å²) in [6.45, 7) is 3.92. The normalized spacial score (nSPS) is 10.3. The fourth-order valence-electron chi connectivity index (χ4n) is 1.67. The summed E-state index contributed by atoms with van der Waals surface area (Å²) in [5.41, 5.74) is 2.89. The van der Waals surface area contributed by atoms with Gasteiger partial charge in [-0.2, -0.15) is 0 Å². The van der Waals surface area contributed by atoms with Gasteiger partial charge < -0.3 is 5.32 Å². The zero-order valence-corrected chi connectivity index (χ0v) is 12.8. The van der Waals surface area contributed by atoms with Crippen molar-refractivity contribution in [2.45, 2.75) is 13.8 Å². The van der Waals surface area contributed by atoms with Gasteiger partial charge in [0.1, 0.15) is 5.82 Å². The maximum atomic E-state index is 13.7. The third-order valence-corrected chi connectivity index (χ3v) is 3.62. The molecule has 2 nitrogen and oxygen atoms in total. The van der Waals surface area contributed by atoms with Crippen molar-refractivity contribution in [2.75, 3.05) is 5.32 Å². The van der Waals surface area contributed by atoms with Gasteiger partial charge in [0.05, 0.1) is 5.69 Å². The van der Waals surface area contributed by atoms with Gasteiger partial charge in [0.2, 0.25) is 0 Å². The van der Waals surface area contributed by atoms with Crippen molar-refractivity contribution < 1.29 is 9.18 Å². The van der Waals surface area contributed by atoms with Crippen molar-refractivity contribution in [3.05, 3.63) is 62.5 Å². The average Bonchev–Trinajstić information content (AvgIpc) is 2.36. The predicted molar refractivity (Wildman–Crippen MR) is 83.0 cm³/mol. The molecule has 0 aliphatic rings. The first-order valence-electron chi connectivity index (χ1n) is 5.81. The first-order valence-corrected chi connectivity index (χ1v) is 6.89. The SMILES string of the molecule is Cc1ccc(C(=O)Nc2ccc(I)cc2F)cc1C. The molecule has 4 heteroatoms. The molecule has 0 saturated heterocycles. The molecule has 1 N–H and O–H groups in total. The van der Waals surface area contributed by atoms with E-state index >= 15 is 0 Å². The molecule has 0 fully saturated rings. The van der Waals surface area contributed by atoms with Crippen molar-refractivity contribution in [2.24, 2.45) is 0 Å². The molecule has 0 saturated carbocycles. The summed E-state index contributed by atoms with van der Waals surface area (Å²) in [5, 5.41) is 2.58. The number of carbonyl (C=O) groups is 1. The molecular weight excluding hydrogens is 356 g/mol. The van der Waals surface area contributed by atoms with Crippen molar-refractivity contribution in [1.82, 2.24) is 0 Å². The fourth-order valence-corrected chi connectivity index (χ4v) is 2.12. The van der Waals surface area contributed by atoms with E-state index in [0.717, 1.165) is 14.7 Å². The molecule has 0 aliphatic heterocycles. The summed E-state index contributed by atoms with van der Waals surface area (Å²) in [4.78, 5) is 12.0. The number of aryl methyl sites for hydroxylation is 2. The third kappa shape index (κ3) is 3.32. The molecule has 0 unspecified atom stereocenters. The quantitative estimate of drug-likeness (QED) is 0.786. The molecule has 0 bridgehead atoms. The van der Waals surface area contributed by atoms with E-state index in [4.69, 9.17) is 0 Å². The Labute approximate surface area is 125 Å². The second kappa shape index (κ2) is 5.69. The summed E-state index contributed by atoms with van der Waals surface area (Å²) in [7, 11) is 0. The lowest BCUT2D eigenvalue weighted by Gasteiger charge is -2.08. The second-order valence-corrected chi connectivity index (χ2v) is 5.62. The van der Waals surface area contributed by atoms with E-state index in [-0.39, 0.29) is 11.6 Å². The molecule has 1 amide bonds. The third-order valence-electron chi connectivity index (χ3n) is 2.95. The number of hydrogen-bond acceptors (Lipinski definition) is 1. The topological polar surface area (TPSA) is 29.1 Å². The highest BCUT2D eigenvalue weighted by Crippen LogP contribution is 2.18. The van der Waals surface area contributed by atoms with Crippen molar-refractivity contribution in [1.29, 1.82) is 0 Å². The van der Waals surface area contributed by atoms with Crippen LogP contribution in [0.3, 0.4) is 0 Å². The van der Waals surface area contributed by atoms with Crippen LogP contribution >= 0.6 is 22.6 Å². The minimum Gasteiger partial charge on any atom is -0.319 e. The van der Waals surface area contributed by atoms with Crippen LogP contribution in [0.2, 0.25) is 0 Å². The molecule has 0 spiro atoms. The Bertz CT molecular complexity index is 640. The maximum Gasteiger partial charge on any atom is 0.255 e. The fraction of sp³-hybridized carbons (Fsp3) is 0.133. The van der Waals surface area contributed by atoms with Crippen LogP contribution in [-0.4, -0.2) is 5.91 Å². The Morgan fingerprint density at radius 3 is 2.47 bits per heavy atom. The molecule has 2 aromatic rings. The Kier molecular flexibility index (Phi) is 4.19. The van der Waals surface area contributed by atoms with Crippen LogP contribution in [0.25, 0.3) is 0 Å². The van der Waals surface area contributed by atoms with Crippen LogP contribution in [-0.2, 0) is 0 Å². The first-order chi connectivity index (χ1) is 8.97. The molecule has 98 valence electrons. The lowest BCUT2D eigenvalue weighted by molar-refractivity contribution is 0.102. The number of rotatable bonds is 2. The largest absolute Gasteiger partial charge is 0.319 e. The Morgan fingerprint density at radius 2 is 1.84 bits per heavy atom. The van der Waals surface area contributed by atoms with E-state index in [9.17, 15) is 9.18 Å². The van der Waals surface area contributed by atoms with Gasteiger partial charge in [-0.15, -0.1) is 0 Å². The number of carbonyl (C=O) groups excluding carboxylic acids is 1. The highest BCUT2D eigenvalue weighted by atomic mass is 127. The lowest BCUT2D eigenvalue weighted by Crippen LogP contribution is -2.13. The van der Waals surface area contributed by atoms with Crippen LogP contribution in [0.1, 0.15) is 21.5 Å². The lowest BCUT2D eigenvalue weighted by atomic mass is 10.1. The average molecular weight is 369 g/mol. The van der Waals surface area contributed by atoms with Gasteiger partial charge in [0.25, 0.3) is 5.91 Å². The summed E-state index contributed by atoms with van der Waals surface area (Å²) in [5.74, 6) is -0.729. The minimum absolute atomic E-state index is 0.198. The van der Waals surface area contributed by atoms with Gasteiger partial charge in [-0.3, -0.25) is 4.79 Å². The molecular formula is C15H13FINO. The van der Waals surface area contributed by atoms with E-state index in [1.165, 1.54) is 6.07 Å².